The van der Waals surface area contributed by atoms with Crippen LogP contribution in [-0.4, -0.2) is 14.8 Å². The molecule has 0 atom stereocenters. The molecule has 0 amide bonds. The second-order valence-electron chi connectivity index (χ2n) is 6.45. The first-order valence-corrected chi connectivity index (χ1v) is 8.44. The number of halogens is 3. The van der Waals surface area contributed by atoms with Crippen LogP contribution in [0.4, 0.5) is 13.2 Å². The van der Waals surface area contributed by atoms with Gasteiger partial charge < -0.3 is 0 Å². The van der Waals surface area contributed by atoms with Crippen LogP contribution in [0.3, 0.4) is 0 Å². The molecule has 0 N–H and O–H groups in total. The molecule has 2 aromatic heterocycles. The second-order valence-corrected chi connectivity index (χ2v) is 6.45. The van der Waals surface area contributed by atoms with Crippen LogP contribution in [0.2, 0.25) is 0 Å². The number of rotatable bonds is 2. The zero-order valence-electron chi connectivity index (χ0n) is 14.7. The van der Waals surface area contributed by atoms with Gasteiger partial charge in [-0.1, -0.05) is 48.0 Å². The molecule has 4 rings (SSSR count). The molecule has 0 spiro atoms. The fourth-order valence-electron chi connectivity index (χ4n) is 3.13. The lowest BCUT2D eigenvalue weighted by Crippen LogP contribution is -2.08. The maximum Gasteiger partial charge on any atom is 0.417 e. The number of aromatic nitrogens is 3. The molecule has 2 aromatic carbocycles. The minimum absolute atomic E-state index is 0.0298. The van der Waals surface area contributed by atoms with Crippen molar-refractivity contribution in [2.45, 2.75) is 20.0 Å². The molecule has 2 heterocycles. The lowest BCUT2D eigenvalue weighted by atomic mass is 10.0. The molecular formula is C21H16F3N3. The predicted octanol–water partition coefficient (Wildman–Crippen LogP) is 5.72. The smallest absolute Gasteiger partial charge is 0.228 e. The van der Waals surface area contributed by atoms with Crippen molar-refractivity contribution < 1.29 is 13.2 Å². The molecule has 0 radical (unpaired) electrons. The van der Waals surface area contributed by atoms with Gasteiger partial charge in [0.1, 0.15) is 0 Å². The predicted molar refractivity (Wildman–Crippen MR) is 98.8 cm³/mol. The molecule has 0 saturated heterocycles. The van der Waals surface area contributed by atoms with Gasteiger partial charge in [0, 0.05) is 5.56 Å². The Morgan fingerprint density at radius 3 is 2.19 bits per heavy atom. The van der Waals surface area contributed by atoms with Gasteiger partial charge in [-0.3, -0.25) is 0 Å². The fourth-order valence-corrected chi connectivity index (χ4v) is 3.13. The third kappa shape index (κ3) is 3.07. The van der Waals surface area contributed by atoms with E-state index in [4.69, 9.17) is 0 Å². The highest BCUT2D eigenvalue weighted by molar-refractivity contribution is 5.86. The summed E-state index contributed by atoms with van der Waals surface area (Å²) in [5.74, 6) is 0. The van der Waals surface area contributed by atoms with E-state index >= 15 is 0 Å². The molecule has 4 aromatic rings. The van der Waals surface area contributed by atoms with Crippen molar-refractivity contribution >= 4 is 11.0 Å². The van der Waals surface area contributed by atoms with Crippen LogP contribution < -0.4 is 0 Å². The number of hydrogen-bond donors (Lipinski definition) is 0. The van der Waals surface area contributed by atoms with Crippen LogP contribution in [-0.2, 0) is 6.18 Å². The van der Waals surface area contributed by atoms with Crippen molar-refractivity contribution in [3.8, 4) is 16.9 Å². The summed E-state index contributed by atoms with van der Waals surface area (Å²) < 4.78 is 42.9. The molecule has 0 aliphatic rings. The Hall–Kier alpha value is -3.15. The zero-order valence-corrected chi connectivity index (χ0v) is 14.7. The Balaban J connectivity index is 2.06. The number of alkyl halides is 3. The van der Waals surface area contributed by atoms with Crippen molar-refractivity contribution in [1.82, 2.24) is 14.8 Å². The van der Waals surface area contributed by atoms with E-state index in [1.807, 2.05) is 37.3 Å². The molecule has 0 aliphatic heterocycles. The van der Waals surface area contributed by atoms with Crippen LogP contribution in [0, 0.1) is 13.8 Å². The molecule has 0 unspecified atom stereocenters. The van der Waals surface area contributed by atoms with Crippen molar-refractivity contribution in [2.24, 2.45) is 0 Å². The van der Waals surface area contributed by atoms with Gasteiger partial charge in [-0.2, -0.15) is 18.3 Å². The summed E-state index contributed by atoms with van der Waals surface area (Å²) >= 11 is 0. The summed E-state index contributed by atoms with van der Waals surface area (Å²) in [7, 11) is 0. The van der Waals surface area contributed by atoms with Crippen molar-refractivity contribution in [1.29, 1.82) is 0 Å². The Bertz CT molecular complexity index is 1110. The van der Waals surface area contributed by atoms with E-state index in [2.05, 4.69) is 10.1 Å². The van der Waals surface area contributed by atoms with Gasteiger partial charge in [-0.15, -0.1) is 0 Å². The normalized spacial score (nSPS) is 11.9. The summed E-state index contributed by atoms with van der Waals surface area (Å²) in [6.07, 6.45) is -4.50. The van der Waals surface area contributed by atoms with Crippen molar-refractivity contribution in [3.05, 3.63) is 77.5 Å². The first-order chi connectivity index (χ1) is 12.8. The van der Waals surface area contributed by atoms with Gasteiger partial charge in [-0.05, 0) is 32.0 Å². The highest BCUT2D eigenvalue weighted by Crippen LogP contribution is 2.38. The Morgan fingerprint density at radius 1 is 0.889 bits per heavy atom. The molecular weight excluding hydrogens is 351 g/mol. The van der Waals surface area contributed by atoms with Crippen LogP contribution in [0.15, 0.2) is 60.7 Å². The maximum atomic E-state index is 13.8. The molecule has 136 valence electrons. The molecule has 0 fully saturated rings. The Morgan fingerprint density at radius 2 is 1.56 bits per heavy atom. The Kier molecular flexibility index (Phi) is 3.98. The molecule has 27 heavy (non-hydrogen) atoms. The van der Waals surface area contributed by atoms with Crippen LogP contribution in [0.5, 0.6) is 0 Å². The highest BCUT2D eigenvalue weighted by Gasteiger charge is 2.35. The van der Waals surface area contributed by atoms with Crippen molar-refractivity contribution in [2.75, 3.05) is 0 Å². The second kappa shape index (κ2) is 6.23. The first-order valence-electron chi connectivity index (χ1n) is 8.44. The fraction of sp³-hybridized carbons (Fsp3) is 0.143. The molecule has 6 heteroatoms. The van der Waals surface area contributed by atoms with Crippen molar-refractivity contribution in [3.63, 3.8) is 0 Å². The quantitative estimate of drug-likeness (QED) is 0.453. The lowest BCUT2D eigenvalue weighted by Gasteiger charge is -2.12. The van der Waals surface area contributed by atoms with E-state index in [1.54, 1.807) is 31.2 Å². The molecule has 3 nitrogen and oxygen atoms in total. The van der Waals surface area contributed by atoms with Crippen LogP contribution >= 0.6 is 0 Å². The number of benzene rings is 2. The number of pyridine rings is 1. The van der Waals surface area contributed by atoms with Crippen LogP contribution in [0.1, 0.15) is 16.8 Å². The molecule has 0 bridgehead atoms. The van der Waals surface area contributed by atoms with E-state index in [1.165, 1.54) is 4.68 Å². The summed E-state index contributed by atoms with van der Waals surface area (Å²) in [4.78, 5) is 4.55. The number of aryl methyl sites for hydroxylation is 2. The molecule has 0 aliphatic carbocycles. The summed E-state index contributed by atoms with van der Waals surface area (Å²) in [6, 6.07) is 17.4. The highest BCUT2D eigenvalue weighted by atomic mass is 19.4. The SMILES string of the molecule is Cc1ccc(-c2cc(C(F)(F)F)c3c(C)nn(-c4ccccc4)c3n2)cc1. The van der Waals surface area contributed by atoms with Gasteiger partial charge in [0.25, 0.3) is 0 Å². The average molecular weight is 367 g/mol. The monoisotopic (exact) mass is 367 g/mol. The van der Waals surface area contributed by atoms with Gasteiger partial charge in [0.15, 0.2) is 5.65 Å². The third-order valence-electron chi connectivity index (χ3n) is 4.47. The molecule has 0 saturated carbocycles. The number of nitrogens with zero attached hydrogens (tertiary/aromatic N) is 3. The maximum absolute atomic E-state index is 13.8. The standard InChI is InChI=1S/C21H16F3N3/c1-13-8-10-15(11-9-13)18-12-17(21(22,23)24)19-14(2)26-27(20(19)25-18)16-6-4-3-5-7-16/h3-12H,1-2H3. The van der Waals surface area contributed by atoms with Gasteiger partial charge in [0.05, 0.1) is 28.0 Å². The minimum atomic E-state index is -4.50. The number of hydrogen-bond acceptors (Lipinski definition) is 2. The van der Waals surface area contributed by atoms with Crippen LogP contribution in [0.25, 0.3) is 28.0 Å². The largest absolute Gasteiger partial charge is 0.417 e. The zero-order chi connectivity index (χ0) is 19.2. The minimum Gasteiger partial charge on any atom is -0.228 e. The number of fused-ring (bicyclic) bond motifs is 1. The summed E-state index contributed by atoms with van der Waals surface area (Å²) in [5, 5.41) is 4.37. The van der Waals surface area contributed by atoms with Gasteiger partial charge in [-0.25, -0.2) is 9.67 Å². The lowest BCUT2D eigenvalue weighted by molar-refractivity contribution is -0.136. The Labute approximate surface area is 154 Å². The van der Waals surface area contributed by atoms with Gasteiger partial charge >= 0.3 is 6.18 Å². The van der Waals surface area contributed by atoms with E-state index in [-0.39, 0.29) is 16.7 Å². The third-order valence-corrected chi connectivity index (χ3v) is 4.47. The summed E-state index contributed by atoms with van der Waals surface area (Å²) in [6.45, 7) is 3.50. The van der Waals surface area contributed by atoms with E-state index < -0.39 is 11.7 Å². The first kappa shape index (κ1) is 17.3. The van der Waals surface area contributed by atoms with E-state index in [0.29, 0.717) is 16.9 Å². The summed E-state index contributed by atoms with van der Waals surface area (Å²) in [5.41, 5.74) is 2.37. The number of para-hydroxylation sites is 1. The van der Waals surface area contributed by atoms with E-state index in [0.717, 1.165) is 11.6 Å². The topological polar surface area (TPSA) is 30.7 Å². The van der Waals surface area contributed by atoms with E-state index in [9.17, 15) is 13.2 Å². The van der Waals surface area contributed by atoms with Gasteiger partial charge in [0.2, 0.25) is 0 Å². The average Bonchev–Trinajstić information content (AvgIpc) is 2.98.